The Labute approximate surface area is 216 Å². The number of nitrogens with two attached hydrogens (primary N) is 1. The first kappa shape index (κ1) is 26.5. The van der Waals surface area contributed by atoms with Crippen LogP contribution in [0.15, 0.2) is 66.7 Å². The van der Waals surface area contributed by atoms with Crippen LogP contribution in [0.4, 0.5) is 4.39 Å². The molecule has 0 spiro atoms. The van der Waals surface area contributed by atoms with Crippen LogP contribution in [0.1, 0.15) is 50.6 Å². The minimum Gasteiger partial charge on any atom is -0.508 e. The highest BCUT2D eigenvalue weighted by Gasteiger charge is 2.45. The fraction of sp³-hybridized carbons (Fsp3) is 0.333. The van der Waals surface area contributed by atoms with E-state index in [9.17, 15) is 24.2 Å². The zero-order chi connectivity index (χ0) is 26.5. The number of benzene rings is 3. The molecule has 0 radical (unpaired) electrons. The molecule has 2 atom stereocenters. The van der Waals surface area contributed by atoms with Crippen LogP contribution in [0.5, 0.6) is 11.5 Å². The SMILES string of the molecule is Cc1c(F)cccc1C1[C@@H](C(=O)c2cccc(O)c2)CN(CCCCN)C[C@@H]1C(=O)c1cccc(O)c1. The molecule has 3 aromatic carbocycles. The van der Waals surface area contributed by atoms with E-state index < -0.39 is 23.6 Å². The highest BCUT2D eigenvalue weighted by molar-refractivity contribution is 6.02. The van der Waals surface area contributed by atoms with Gasteiger partial charge in [0.2, 0.25) is 0 Å². The third-order valence-electron chi connectivity index (χ3n) is 7.31. The average Bonchev–Trinajstić information content (AvgIpc) is 2.89. The van der Waals surface area contributed by atoms with Gasteiger partial charge in [0.05, 0.1) is 0 Å². The fourth-order valence-electron chi connectivity index (χ4n) is 5.46. The molecular weight excluding hydrogens is 471 g/mol. The van der Waals surface area contributed by atoms with Gasteiger partial charge in [-0.1, -0.05) is 36.4 Å². The average molecular weight is 505 g/mol. The molecule has 37 heavy (non-hydrogen) atoms. The number of likely N-dealkylation sites (tertiary alicyclic amines) is 1. The summed E-state index contributed by atoms with van der Waals surface area (Å²) in [6.07, 6.45) is 1.64. The van der Waals surface area contributed by atoms with E-state index in [0.717, 1.165) is 12.8 Å². The second kappa shape index (κ2) is 11.7. The normalized spacial score (nSPS) is 18.6. The molecule has 0 bridgehead atoms. The summed E-state index contributed by atoms with van der Waals surface area (Å²) in [6, 6.07) is 17.2. The van der Waals surface area contributed by atoms with Crippen molar-refractivity contribution in [3.05, 3.63) is 94.8 Å². The molecule has 7 heteroatoms. The number of hydrogen-bond donors (Lipinski definition) is 3. The van der Waals surface area contributed by atoms with Crippen molar-refractivity contribution in [2.75, 3.05) is 26.2 Å². The monoisotopic (exact) mass is 504 g/mol. The third-order valence-corrected chi connectivity index (χ3v) is 7.31. The maximum absolute atomic E-state index is 14.8. The Morgan fingerprint density at radius 2 is 1.43 bits per heavy atom. The van der Waals surface area contributed by atoms with Gasteiger partial charge in [0.15, 0.2) is 11.6 Å². The Morgan fingerprint density at radius 1 is 0.892 bits per heavy atom. The zero-order valence-electron chi connectivity index (χ0n) is 20.9. The predicted octanol–water partition coefficient (Wildman–Crippen LogP) is 4.68. The molecule has 1 aliphatic heterocycles. The molecule has 3 aromatic rings. The Bertz CT molecular complexity index is 1210. The van der Waals surface area contributed by atoms with E-state index >= 15 is 0 Å². The number of Topliss-reactive ketones (excluding diaryl/α,β-unsaturated/α-hetero) is 2. The van der Waals surface area contributed by atoms with Gasteiger partial charge in [-0.15, -0.1) is 0 Å². The van der Waals surface area contributed by atoms with E-state index in [1.54, 1.807) is 43.3 Å². The molecule has 194 valence electrons. The quantitative estimate of drug-likeness (QED) is 0.289. The molecule has 1 heterocycles. The number of halogens is 1. The van der Waals surface area contributed by atoms with Crippen LogP contribution in [0.25, 0.3) is 0 Å². The minimum absolute atomic E-state index is 0.0210. The number of carbonyl (C=O) groups is 2. The van der Waals surface area contributed by atoms with Gasteiger partial charge >= 0.3 is 0 Å². The second-order valence-corrected chi connectivity index (χ2v) is 9.78. The van der Waals surface area contributed by atoms with Gasteiger partial charge in [-0.3, -0.25) is 9.59 Å². The molecule has 1 fully saturated rings. The highest BCUT2D eigenvalue weighted by Crippen LogP contribution is 2.42. The van der Waals surface area contributed by atoms with Crippen LogP contribution in [0, 0.1) is 24.6 Å². The highest BCUT2D eigenvalue weighted by atomic mass is 19.1. The number of phenols is 2. The number of phenolic OH excluding ortho intramolecular Hbond substituents is 2. The van der Waals surface area contributed by atoms with E-state index in [-0.39, 0.29) is 23.1 Å². The van der Waals surface area contributed by atoms with Crippen molar-refractivity contribution >= 4 is 11.6 Å². The Kier molecular flexibility index (Phi) is 8.36. The lowest BCUT2D eigenvalue weighted by molar-refractivity contribution is 0.0568. The van der Waals surface area contributed by atoms with Gasteiger partial charge in [-0.2, -0.15) is 0 Å². The topological polar surface area (TPSA) is 104 Å². The molecule has 0 aliphatic carbocycles. The molecule has 0 unspecified atom stereocenters. The summed E-state index contributed by atoms with van der Waals surface area (Å²) in [6.45, 7) is 3.67. The van der Waals surface area contributed by atoms with Crippen LogP contribution in [0.2, 0.25) is 0 Å². The van der Waals surface area contributed by atoms with Gasteiger partial charge in [-0.05, 0) is 74.3 Å². The largest absolute Gasteiger partial charge is 0.508 e. The predicted molar refractivity (Wildman–Crippen MR) is 140 cm³/mol. The number of aromatic hydroxyl groups is 2. The summed E-state index contributed by atoms with van der Waals surface area (Å²) in [5, 5.41) is 20.1. The number of nitrogens with zero attached hydrogens (tertiary/aromatic N) is 1. The van der Waals surface area contributed by atoms with Crippen LogP contribution in [-0.2, 0) is 0 Å². The van der Waals surface area contributed by atoms with Gasteiger partial charge in [0.25, 0.3) is 0 Å². The van der Waals surface area contributed by atoms with Crippen molar-refractivity contribution in [2.45, 2.75) is 25.7 Å². The zero-order valence-corrected chi connectivity index (χ0v) is 20.9. The van der Waals surface area contributed by atoms with Crippen LogP contribution in [-0.4, -0.2) is 52.9 Å². The lowest BCUT2D eigenvalue weighted by Gasteiger charge is -2.43. The van der Waals surface area contributed by atoms with Crippen LogP contribution < -0.4 is 5.73 Å². The summed E-state index contributed by atoms with van der Waals surface area (Å²) in [5.41, 5.74) is 7.42. The number of piperidine rings is 1. The third kappa shape index (κ3) is 5.89. The first-order valence-electron chi connectivity index (χ1n) is 12.6. The fourth-order valence-corrected chi connectivity index (χ4v) is 5.46. The molecule has 0 saturated carbocycles. The van der Waals surface area contributed by atoms with E-state index in [1.165, 1.54) is 30.3 Å². The molecule has 0 aromatic heterocycles. The molecule has 0 amide bonds. The maximum Gasteiger partial charge on any atom is 0.167 e. The Morgan fingerprint density at radius 3 is 1.95 bits per heavy atom. The Balaban J connectivity index is 1.83. The van der Waals surface area contributed by atoms with E-state index in [0.29, 0.717) is 48.4 Å². The minimum atomic E-state index is -0.653. The summed E-state index contributed by atoms with van der Waals surface area (Å²) in [4.78, 5) is 30.0. The molecule has 1 saturated heterocycles. The van der Waals surface area contributed by atoms with Gasteiger partial charge < -0.3 is 20.8 Å². The molecule has 4 N–H and O–H groups in total. The molecular formula is C30H33FN2O4. The second-order valence-electron chi connectivity index (χ2n) is 9.78. The van der Waals surface area contributed by atoms with E-state index in [4.69, 9.17) is 5.73 Å². The molecule has 6 nitrogen and oxygen atoms in total. The number of carbonyl (C=O) groups excluding carboxylic acids is 2. The first-order valence-corrected chi connectivity index (χ1v) is 12.6. The summed E-state index contributed by atoms with van der Waals surface area (Å²) >= 11 is 0. The van der Waals surface area contributed by atoms with Crippen molar-refractivity contribution in [3.8, 4) is 11.5 Å². The van der Waals surface area contributed by atoms with Crippen LogP contribution in [0.3, 0.4) is 0 Å². The van der Waals surface area contributed by atoms with Crippen molar-refractivity contribution in [2.24, 2.45) is 17.6 Å². The summed E-state index contributed by atoms with van der Waals surface area (Å²) in [7, 11) is 0. The summed E-state index contributed by atoms with van der Waals surface area (Å²) in [5.74, 6) is -2.75. The van der Waals surface area contributed by atoms with Gasteiger partial charge in [0.1, 0.15) is 17.3 Å². The Hall–Kier alpha value is -3.55. The molecule has 1 aliphatic rings. The van der Waals surface area contributed by atoms with E-state index in [1.807, 2.05) is 0 Å². The van der Waals surface area contributed by atoms with Crippen molar-refractivity contribution in [1.82, 2.24) is 4.90 Å². The number of hydrogen-bond acceptors (Lipinski definition) is 6. The number of ketones is 2. The maximum atomic E-state index is 14.8. The first-order chi connectivity index (χ1) is 17.8. The lowest BCUT2D eigenvalue weighted by Crippen LogP contribution is -2.50. The standard InChI is InChI=1S/C30H33FN2O4/c1-19-24(11-6-12-27(19)31)28-25(29(36)20-7-4-9-22(34)15-20)17-33(14-3-2-13-32)18-26(28)30(37)21-8-5-10-23(35)16-21/h4-12,15-16,25-26,28,34-35H,2-3,13-14,17-18,32H2,1H3/t25-,26-/m0/s1. The number of unbranched alkanes of at least 4 members (excludes halogenated alkanes) is 1. The van der Waals surface area contributed by atoms with Crippen molar-refractivity contribution < 1.29 is 24.2 Å². The lowest BCUT2D eigenvalue weighted by atomic mass is 9.67. The summed E-state index contributed by atoms with van der Waals surface area (Å²) < 4.78 is 14.8. The van der Waals surface area contributed by atoms with Crippen molar-refractivity contribution in [1.29, 1.82) is 0 Å². The molecule has 4 rings (SSSR count). The van der Waals surface area contributed by atoms with E-state index in [2.05, 4.69) is 4.90 Å². The van der Waals surface area contributed by atoms with Gasteiger partial charge in [-0.25, -0.2) is 4.39 Å². The van der Waals surface area contributed by atoms with Crippen molar-refractivity contribution in [3.63, 3.8) is 0 Å². The number of rotatable bonds is 9. The smallest absolute Gasteiger partial charge is 0.167 e. The van der Waals surface area contributed by atoms with Gasteiger partial charge in [0, 0.05) is 42.0 Å². The van der Waals surface area contributed by atoms with Crippen LogP contribution >= 0.6 is 0 Å².